The Balaban J connectivity index is 2.21. The van der Waals surface area contributed by atoms with Crippen LogP contribution in [0.15, 0.2) is 48.5 Å². The number of sulfonamides is 1. The van der Waals surface area contributed by atoms with E-state index in [0.717, 1.165) is 11.8 Å². The number of amides is 2. The lowest BCUT2D eigenvalue weighted by Crippen LogP contribution is -2.48. The SMILES string of the molecule is CCC(C(=O)NC)N(Cc1cccc(OC)c1)C(=O)CCCN(c1cccc(OC)c1)S(C)(=O)=O. The minimum absolute atomic E-state index is 0.0768. The summed E-state index contributed by atoms with van der Waals surface area (Å²) in [6.45, 7) is 2.19. The van der Waals surface area contributed by atoms with E-state index in [2.05, 4.69) is 5.32 Å². The molecule has 0 radical (unpaired) electrons. The van der Waals surface area contributed by atoms with E-state index in [1.807, 2.05) is 31.2 Å². The minimum atomic E-state index is -3.58. The summed E-state index contributed by atoms with van der Waals surface area (Å²) in [7, 11) is 1.03. The van der Waals surface area contributed by atoms with Gasteiger partial charge in [-0.2, -0.15) is 0 Å². The predicted molar refractivity (Wildman–Crippen MR) is 136 cm³/mol. The number of benzene rings is 2. The Kier molecular flexibility index (Phi) is 10.4. The van der Waals surface area contributed by atoms with Gasteiger partial charge in [-0.05, 0) is 42.7 Å². The van der Waals surface area contributed by atoms with E-state index in [0.29, 0.717) is 23.6 Å². The number of carbonyl (C=O) groups excluding carboxylic acids is 2. The lowest BCUT2D eigenvalue weighted by molar-refractivity contribution is -0.141. The molecule has 10 heteroatoms. The number of nitrogens with zero attached hydrogens (tertiary/aromatic N) is 2. The largest absolute Gasteiger partial charge is 0.497 e. The van der Waals surface area contributed by atoms with Gasteiger partial charge in [0.1, 0.15) is 17.5 Å². The molecular formula is C25H35N3O6S. The van der Waals surface area contributed by atoms with Crippen molar-refractivity contribution >= 4 is 27.5 Å². The lowest BCUT2D eigenvalue weighted by atomic mass is 10.1. The second-order valence-electron chi connectivity index (χ2n) is 8.05. The topological polar surface area (TPSA) is 105 Å². The predicted octanol–water partition coefficient (Wildman–Crippen LogP) is 2.80. The van der Waals surface area contributed by atoms with Crippen molar-refractivity contribution in [1.82, 2.24) is 10.2 Å². The van der Waals surface area contributed by atoms with Crippen molar-refractivity contribution in [2.75, 3.05) is 38.4 Å². The summed E-state index contributed by atoms with van der Waals surface area (Å²) >= 11 is 0. The molecule has 0 fully saturated rings. The molecule has 0 bridgehead atoms. The second-order valence-corrected chi connectivity index (χ2v) is 9.96. The number of anilines is 1. The molecule has 0 aliphatic rings. The molecule has 2 aromatic rings. The smallest absolute Gasteiger partial charge is 0.242 e. The van der Waals surface area contributed by atoms with Gasteiger partial charge < -0.3 is 19.7 Å². The van der Waals surface area contributed by atoms with Crippen LogP contribution in [0.4, 0.5) is 5.69 Å². The van der Waals surface area contributed by atoms with E-state index in [9.17, 15) is 18.0 Å². The number of carbonyl (C=O) groups is 2. The average molecular weight is 506 g/mol. The number of hydrogen-bond donors (Lipinski definition) is 1. The van der Waals surface area contributed by atoms with Crippen molar-refractivity contribution in [3.63, 3.8) is 0 Å². The standard InChI is InChI=1S/C25H35N3O6S/c1-6-23(25(30)26-2)27(18-19-10-7-12-21(16-19)33-3)24(29)14-9-15-28(35(5,31)32)20-11-8-13-22(17-20)34-4/h7-8,10-13,16-17,23H,6,9,14-15,18H2,1-5H3,(H,26,30). The van der Waals surface area contributed by atoms with Crippen LogP contribution in [0.25, 0.3) is 0 Å². The van der Waals surface area contributed by atoms with Crippen molar-refractivity contribution < 1.29 is 27.5 Å². The van der Waals surface area contributed by atoms with Crippen molar-refractivity contribution in [2.45, 2.75) is 38.8 Å². The van der Waals surface area contributed by atoms with E-state index in [1.165, 1.54) is 18.5 Å². The van der Waals surface area contributed by atoms with Gasteiger partial charge >= 0.3 is 0 Å². The third-order valence-corrected chi connectivity index (χ3v) is 6.81. The second kappa shape index (κ2) is 13.0. The fourth-order valence-corrected chi connectivity index (χ4v) is 4.78. The first-order valence-electron chi connectivity index (χ1n) is 11.4. The molecule has 1 unspecified atom stereocenters. The lowest BCUT2D eigenvalue weighted by Gasteiger charge is -2.31. The summed E-state index contributed by atoms with van der Waals surface area (Å²) in [5.74, 6) is 0.707. The van der Waals surface area contributed by atoms with Gasteiger partial charge in [-0.3, -0.25) is 13.9 Å². The molecule has 192 valence electrons. The van der Waals surface area contributed by atoms with Crippen molar-refractivity contribution in [3.8, 4) is 11.5 Å². The van der Waals surface area contributed by atoms with E-state index in [4.69, 9.17) is 9.47 Å². The summed E-state index contributed by atoms with van der Waals surface area (Å²) in [5.41, 5.74) is 1.29. The molecule has 2 amide bonds. The molecule has 2 aromatic carbocycles. The zero-order valence-electron chi connectivity index (χ0n) is 21.0. The number of hydrogen-bond acceptors (Lipinski definition) is 6. The first kappa shape index (κ1) is 28.0. The highest BCUT2D eigenvalue weighted by molar-refractivity contribution is 7.92. The summed E-state index contributed by atoms with van der Waals surface area (Å²) in [4.78, 5) is 27.4. The molecule has 0 spiro atoms. The summed E-state index contributed by atoms with van der Waals surface area (Å²) in [6, 6.07) is 13.4. The van der Waals surface area contributed by atoms with Gasteiger partial charge in [-0.1, -0.05) is 25.1 Å². The maximum atomic E-state index is 13.3. The Bertz CT molecular complexity index is 1110. The third-order valence-electron chi connectivity index (χ3n) is 5.61. The van der Waals surface area contributed by atoms with Crippen molar-refractivity contribution in [1.29, 1.82) is 0 Å². The van der Waals surface area contributed by atoms with Crippen LogP contribution in [0.1, 0.15) is 31.7 Å². The number of methoxy groups -OCH3 is 2. The van der Waals surface area contributed by atoms with Crippen LogP contribution in [0, 0.1) is 0 Å². The monoisotopic (exact) mass is 505 g/mol. The summed E-state index contributed by atoms with van der Waals surface area (Å²) in [5, 5.41) is 2.63. The molecule has 2 rings (SSSR count). The molecule has 0 saturated carbocycles. The molecule has 0 aromatic heterocycles. The Morgan fingerprint density at radius 2 is 1.66 bits per heavy atom. The van der Waals surface area contributed by atoms with Gasteiger partial charge in [0.05, 0.1) is 26.2 Å². The highest BCUT2D eigenvalue weighted by Gasteiger charge is 2.28. The normalized spacial score (nSPS) is 11.9. The van der Waals surface area contributed by atoms with Crippen LogP contribution in [0.5, 0.6) is 11.5 Å². The summed E-state index contributed by atoms with van der Waals surface area (Å²) in [6.07, 6.45) is 1.92. The Morgan fingerprint density at radius 3 is 2.23 bits per heavy atom. The van der Waals surface area contributed by atoms with Crippen LogP contribution in [0.2, 0.25) is 0 Å². The fourth-order valence-electron chi connectivity index (χ4n) is 3.82. The van der Waals surface area contributed by atoms with E-state index in [1.54, 1.807) is 36.3 Å². The van der Waals surface area contributed by atoms with Gasteiger partial charge in [0.15, 0.2) is 0 Å². The minimum Gasteiger partial charge on any atom is -0.497 e. The molecule has 0 aliphatic heterocycles. The molecule has 1 N–H and O–H groups in total. The molecule has 1 atom stereocenters. The van der Waals surface area contributed by atoms with Crippen LogP contribution in [0.3, 0.4) is 0 Å². The maximum Gasteiger partial charge on any atom is 0.242 e. The summed E-state index contributed by atoms with van der Waals surface area (Å²) < 4.78 is 36.6. The highest BCUT2D eigenvalue weighted by Crippen LogP contribution is 2.24. The number of likely N-dealkylation sites (N-methyl/N-ethyl adjacent to an activating group) is 1. The molecule has 0 aliphatic carbocycles. The quantitative estimate of drug-likeness (QED) is 0.449. The maximum absolute atomic E-state index is 13.3. The molecule has 0 heterocycles. The zero-order chi connectivity index (χ0) is 26.0. The van der Waals surface area contributed by atoms with Crippen LogP contribution in [-0.2, 0) is 26.2 Å². The van der Waals surface area contributed by atoms with Gasteiger partial charge in [0.25, 0.3) is 0 Å². The molecule has 9 nitrogen and oxygen atoms in total. The zero-order valence-corrected chi connectivity index (χ0v) is 21.8. The first-order chi connectivity index (χ1) is 16.6. The van der Waals surface area contributed by atoms with E-state index >= 15 is 0 Å². The Hall–Kier alpha value is -3.27. The first-order valence-corrected chi connectivity index (χ1v) is 13.2. The number of rotatable bonds is 13. The third kappa shape index (κ3) is 7.88. The Morgan fingerprint density at radius 1 is 1.03 bits per heavy atom. The van der Waals surface area contributed by atoms with Crippen LogP contribution < -0.4 is 19.1 Å². The van der Waals surface area contributed by atoms with Gasteiger partial charge in [0.2, 0.25) is 21.8 Å². The fraction of sp³-hybridized carbons (Fsp3) is 0.440. The van der Waals surface area contributed by atoms with Gasteiger partial charge in [-0.15, -0.1) is 0 Å². The highest BCUT2D eigenvalue weighted by atomic mass is 32.2. The van der Waals surface area contributed by atoms with Crippen molar-refractivity contribution in [2.24, 2.45) is 0 Å². The number of nitrogens with one attached hydrogen (secondary N) is 1. The van der Waals surface area contributed by atoms with Crippen molar-refractivity contribution in [3.05, 3.63) is 54.1 Å². The number of ether oxygens (including phenoxy) is 2. The van der Waals surface area contributed by atoms with Gasteiger partial charge in [0, 0.05) is 32.6 Å². The van der Waals surface area contributed by atoms with E-state index < -0.39 is 16.1 Å². The Labute approximate surface area is 208 Å². The molecular weight excluding hydrogens is 470 g/mol. The van der Waals surface area contributed by atoms with Crippen LogP contribution >= 0.6 is 0 Å². The van der Waals surface area contributed by atoms with E-state index in [-0.39, 0.29) is 37.7 Å². The molecule has 35 heavy (non-hydrogen) atoms. The van der Waals surface area contributed by atoms with Gasteiger partial charge in [-0.25, -0.2) is 8.42 Å². The van der Waals surface area contributed by atoms with Crippen LogP contribution in [-0.4, -0.2) is 65.2 Å². The average Bonchev–Trinajstić information content (AvgIpc) is 2.85. The molecule has 0 saturated heterocycles.